The van der Waals surface area contributed by atoms with E-state index in [4.69, 9.17) is 42.1 Å². The molecule has 0 bridgehead atoms. The number of rotatable bonds is 13. The zero-order valence-electron chi connectivity index (χ0n) is 20.3. The van der Waals surface area contributed by atoms with Crippen LogP contribution in [-0.2, 0) is 9.59 Å². The van der Waals surface area contributed by atoms with E-state index in [-0.39, 0.29) is 15.7 Å². The molecule has 190 valence electrons. The number of hydrogen-bond donors (Lipinski definition) is 1. The van der Waals surface area contributed by atoms with Crippen LogP contribution in [0.15, 0.2) is 34.5 Å². The molecule has 0 saturated heterocycles. The number of ketones is 1. The summed E-state index contributed by atoms with van der Waals surface area (Å²) in [5.41, 5.74) is 0.548. The van der Waals surface area contributed by atoms with Crippen molar-refractivity contribution in [3.63, 3.8) is 0 Å². The van der Waals surface area contributed by atoms with Crippen LogP contribution in [0.2, 0.25) is 10.0 Å². The zero-order valence-corrected chi connectivity index (χ0v) is 21.8. The molecule has 1 atom stereocenters. The van der Waals surface area contributed by atoms with Gasteiger partial charge in [-0.3, -0.25) is 9.59 Å². The Balaban J connectivity index is 2.33. The first-order valence-corrected chi connectivity index (χ1v) is 11.9. The van der Waals surface area contributed by atoms with E-state index in [1.165, 1.54) is 19.1 Å². The minimum Gasteiger partial charge on any atom is -0.492 e. The molecule has 2 aromatic carbocycles. The van der Waals surface area contributed by atoms with E-state index in [9.17, 15) is 9.59 Å². The third kappa shape index (κ3) is 7.47. The number of benzene rings is 2. The molecule has 0 saturated carbocycles. The standard InChI is InChI=1S/C24H29Cl2N3O6/c1-6-32-17-11-10-16(20(25)23(17)35-9-4)28-29-22(14(5)30)24(31)27-15-12-18(33-7-2)21(26)19(13-15)34-8-3/h10-13,22H,6-9H2,1-5H3,(H,27,31). The molecule has 2 aromatic rings. The molecule has 9 nitrogen and oxygen atoms in total. The van der Waals surface area contributed by atoms with Crippen LogP contribution in [0.3, 0.4) is 0 Å². The molecule has 1 amide bonds. The average Bonchev–Trinajstić information content (AvgIpc) is 2.81. The monoisotopic (exact) mass is 525 g/mol. The lowest BCUT2D eigenvalue weighted by Gasteiger charge is -2.15. The molecule has 0 heterocycles. The van der Waals surface area contributed by atoms with Gasteiger partial charge in [-0.2, -0.15) is 10.2 Å². The highest BCUT2D eigenvalue weighted by Crippen LogP contribution is 2.42. The number of azo groups is 1. The summed E-state index contributed by atoms with van der Waals surface area (Å²) in [6.45, 7) is 9.99. The first-order chi connectivity index (χ1) is 16.8. The minimum atomic E-state index is -1.42. The largest absolute Gasteiger partial charge is 0.492 e. The summed E-state index contributed by atoms with van der Waals surface area (Å²) in [7, 11) is 0. The Hall–Kier alpha value is -3.04. The number of nitrogens with zero attached hydrogens (tertiary/aromatic N) is 2. The Morgan fingerprint density at radius 3 is 1.91 bits per heavy atom. The molecule has 0 aliphatic heterocycles. The second-order valence-corrected chi connectivity index (χ2v) is 7.72. The van der Waals surface area contributed by atoms with Crippen LogP contribution in [0.25, 0.3) is 0 Å². The maximum absolute atomic E-state index is 12.9. The third-order valence-electron chi connectivity index (χ3n) is 4.42. The molecule has 0 fully saturated rings. The Kier molecular flexibility index (Phi) is 11.1. The van der Waals surface area contributed by atoms with Crippen molar-refractivity contribution in [1.82, 2.24) is 0 Å². The Labute approximate surface area is 214 Å². The van der Waals surface area contributed by atoms with Crippen LogP contribution in [0.4, 0.5) is 11.4 Å². The molecular weight excluding hydrogens is 497 g/mol. The van der Waals surface area contributed by atoms with Gasteiger partial charge >= 0.3 is 0 Å². The molecule has 1 unspecified atom stereocenters. The fourth-order valence-corrected chi connectivity index (χ4v) is 3.43. The zero-order chi connectivity index (χ0) is 26.0. The van der Waals surface area contributed by atoms with Gasteiger partial charge in [0.25, 0.3) is 5.91 Å². The number of ether oxygens (including phenoxy) is 4. The normalized spacial score (nSPS) is 11.7. The van der Waals surface area contributed by atoms with E-state index in [0.29, 0.717) is 55.1 Å². The van der Waals surface area contributed by atoms with Gasteiger partial charge < -0.3 is 24.3 Å². The predicted molar refractivity (Wildman–Crippen MR) is 135 cm³/mol. The topological polar surface area (TPSA) is 108 Å². The molecule has 35 heavy (non-hydrogen) atoms. The average molecular weight is 526 g/mol. The summed E-state index contributed by atoms with van der Waals surface area (Å²) in [4.78, 5) is 25.1. The second-order valence-electron chi connectivity index (χ2n) is 6.96. The summed E-state index contributed by atoms with van der Waals surface area (Å²) < 4.78 is 22.1. The van der Waals surface area contributed by atoms with Crippen molar-refractivity contribution < 1.29 is 28.5 Å². The fraction of sp³-hybridized carbons (Fsp3) is 0.417. The van der Waals surface area contributed by atoms with Gasteiger partial charge in [0.2, 0.25) is 6.04 Å². The Bertz CT molecular complexity index is 1050. The second kappa shape index (κ2) is 13.7. The molecular formula is C24H29Cl2N3O6. The smallest absolute Gasteiger partial charge is 0.258 e. The van der Waals surface area contributed by atoms with Crippen LogP contribution in [0.5, 0.6) is 23.0 Å². The molecule has 0 spiro atoms. The van der Waals surface area contributed by atoms with Crippen LogP contribution >= 0.6 is 23.2 Å². The van der Waals surface area contributed by atoms with Gasteiger partial charge in [0, 0.05) is 17.8 Å². The molecule has 1 N–H and O–H groups in total. The summed E-state index contributed by atoms with van der Waals surface area (Å²) in [5.74, 6) is 0.228. The van der Waals surface area contributed by atoms with E-state index < -0.39 is 17.7 Å². The molecule has 11 heteroatoms. The van der Waals surface area contributed by atoms with Gasteiger partial charge in [-0.05, 0) is 46.8 Å². The number of carbonyl (C=O) groups is 2. The fourth-order valence-electron chi connectivity index (χ4n) is 2.97. The number of carbonyl (C=O) groups excluding carboxylic acids is 2. The van der Waals surface area contributed by atoms with E-state index in [1.807, 2.05) is 6.92 Å². The molecule has 0 aromatic heterocycles. The van der Waals surface area contributed by atoms with Crippen molar-refractivity contribution in [2.75, 3.05) is 31.7 Å². The summed E-state index contributed by atoms with van der Waals surface area (Å²) >= 11 is 12.7. The van der Waals surface area contributed by atoms with E-state index in [1.54, 1.807) is 32.9 Å². The quantitative estimate of drug-likeness (QED) is 0.244. The maximum Gasteiger partial charge on any atom is 0.258 e. The number of amides is 1. The first-order valence-electron chi connectivity index (χ1n) is 11.2. The Morgan fingerprint density at radius 2 is 1.40 bits per heavy atom. The van der Waals surface area contributed by atoms with Crippen molar-refractivity contribution in [3.05, 3.63) is 34.3 Å². The highest BCUT2D eigenvalue weighted by atomic mass is 35.5. The molecule has 0 aliphatic carbocycles. The summed E-state index contributed by atoms with van der Waals surface area (Å²) in [6, 6.07) is 4.86. The highest BCUT2D eigenvalue weighted by Gasteiger charge is 2.25. The van der Waals surface area contributed by atoms with E-state index >= 15 is 0 Å². The van der Waals surface area contributed by atoms with Crippen LogP contribution < -0.4 is 24.3 Å². The van der Waals surface area contributed by atoms with Gasteiger partial charge in [0.05, 0.1) is 26.4 Å². The van der Waals surface area contributed by atoms with Crippen molar-refractivity contribution in [1.29, 1.82) is 0 Å². The third-order valence-corrected chi connectivity index (χ3v) is 5.15. The minimum absolute atomic E-state index is 0.157. The lowest BCUT2D eigenvalue weighted by Crippen LogP contribution is -2.31. The van der Waals surface area contributed by atoms with Gasteiger partial charge in [-0.1, -0.05) is 23.2 Å². The van der Waals surface area contributed by atoms with Crippen molar-refractivity contribution in [2.24, 2.45) is 10.2 Å². The highest BCUT2D eigenvalue weighted by molar-refractivity contribution is 6.34. The SMILES string of the molecule is CCOc1cc(NC(=O)C(N=Nc2ccc(OCC)c(OCC)c2Cl)C(C)=O)cc(OCC)c1Cl. The van der Waals surface area contributed by atoms with Gasteiger partial charge in [0.15, 0.2) is 17.3 Å². The van der Waals surface area contributed by atoms with Crippen LogP contribution in [-0.4, -0.2) is 44.2 Å². The predicted octanol–water partition coefficient (Wildman–Crippen LogP) is 6.27. The van der Waals surface area contributed by atoms with Crippen LogP contribution in [0.1, 0.15) is 34.6 Å². The number of halogens is 2. The van der Waals surface area contributed by atoms with Crippen molar-refractivity contribution >= 4 is 46.3 Å². The summed E-state index contributed by atoms with van der Waals surface area (Å²) in [6.07, 6.45) is 0. The number of anilines is 1. The van der Waals surface area contributed by atoms with Crippen LogP contribution in [0, 0.1) is 0 Å². The van der Waals surface area contributed by atoms with Gasteiger partial charge in [-0.25, -0.2) is 0 Å². The van der Waals surface area contributed by atoms with Gasteiger partial charge in [-0.15, -0.1) is 0 Å². The molecule has 0 aliphatic rings. The number of Topliss-reactive ketones (excluding diaryl/α,β-unsaturated/α-hetero) is 1. The molecule has 2 rings (SSSR count). The molecule has 0 radical (unpaired) electrons. The number of nitrogens with one attached hydrogen (secondary N) is 1. The maximum atomic E-state index is 12.9. The van der Waals surface area contributed by atoms with E-state index in [0.717, 1.165) is 0 Å². The van der Waals surface area contributed by atoms with Gasteiger partial charge in [0.1, 0.15) is 27.2 Å². The van der Waals surface area contributed by atoms with Crippen molar-refractivity contribution in [3.8, 4) is 23.0 Å². The lowest BCUT2D eigenvalue weighted by atomic mass is 10.2. The summed E-state index contributed by atoms with van der Waals surface area (Å²) in [5, 5.41) is 11.1. The van der Waals surface area contributed by atoms with E-state index in [2.05, 4.69) is 15.5 Å². The lowest BCUT2D eigenvalue weighted by molar-refractivity contribution is -0.126. The first kappa shape index (κ1) is 28.2. The Morgan fingerprint density at radius 1 is 0.857 bits per heavy atom. The number of hydrogen-bond acceptors (Lipinski definition) is 8. The van der Waals surface area contributed by atoms with Crippen molar-refractivity contribution in [2.45, 2.75) is 40.7 Å².